The van der Waals surface area contributed by atoms with Crippen molar-refractivity contribution in [2.75, 3.05) is 7.11 Å². The Morgan fingerprint density at radius 3 is 2.38 bits per heavy atom. The monoisotopic (exact) mass is 368 g/mol. The molecule has 3 rings (SSSR count). The van der Waals surface area contributed by atoms with Gasteiger partial charge in [-0.25, -0.2) is 14.8 Å². The third-order valence-electron chi connectivity index (χ3n) is 3.87. The predicted octanol–water partition coefficient (Wildman–Crippen LogP) is 4.24. The standard InChI is InChI=1S/C17H15F3N2O4/c1-25-8-12-14(26-16(23)24)13(9-2-3-9)22-15(21-12)10-4-6-11(7-5-10)17(18,19)20/h4-7,9H,2-3,8H2,1H3,(H,23,24). The van der Waals surface area contributed by atoms with Crippen molar-refractivity contribution in [3.8, 4) is 17.1 Å². The van der Waals surface area contributed by atoms with Crippen LogP contribution < -0.4 is 4.74 Å². The van der Waals surface area contributed by atoms with Gasteiger partial charge in [-0.15, -0.1) is 0 Å². The second-order valence-electron chi connectivity index (χ2n) is 5.86. The van der Waals surface area contributed by atoms with Gasteiger partial charge in [0.05, 0.1) is 17.9 Å². The van der Waals surface area contributed by atoms with Crippen LogP contribution in [0.5, 0.6) is 5.75 Å². The fourth-order valence-electron chi connectivity index (χ4n) is 2.52. The molecule has 138 valence electrons. The second-order valence-corrected chi connectivity index (χ2v) is 5.86. The Balaban J connectivity index is 2.06. The van der Waals surface area contributed by atoms with Gasteiger partial charge in [0.25, 0.3) is 0 Å². The van der Waals surface area contributed by atoms with E-state index in [1.54, 1.807) is 0 Å². The molecule has 1 aromatic carbocycles. The van der Waals surface area contributed by atoms with Crippen LogP contribution in [0.25, 0.3) is 11.4 Å². The molecule has 0 amide bonds. The van der Waals surface area contributed by atoms with Crippen molar-refractivity contribution >= 4 is 6.16 Å². The van der Waals surface area contributed by atoms with E-state index < -0.39 is 17.9 Å². The minimum atomic E-state index is -4.43. The van der Waals surface area contributed by atoms with E-state index >= 15 is 0 Å². The van der Waals surface area contributed by atoms with Crippen molar-refractivity contribution in [3.05, 3.63) is 41.2 Å². The van der Waals surface area contributed by atoms with Crippen LogP contribution in [0.1, 0.15) is 35.7 Å². The largest absolute Gasteiger partial charge is 0.511 e. The Kier molecular flexibility index (Phi) is 4.82. The van der Waals surface area contributed by atoms with Crippen LogP contribution in [0.4, 0.5) is 18.0 Å². The maximum atomic E-state index is 12.7. The van der Waals surface area contributed by atoms with E-state index in [1.807, 2.05) is 0 Å². The van der Waals surface area contributed by atoms with Gasteiger partial charge in [0.2, 0.25) is 0 Å². The molecule has 1 N–H and O–H groups in total. The number of aromatic nitrogens is 2. The SMILES string of the molecule is COCc1nc(-c2ccc(C(F)(F)F)cc2)nc(C2CC2)c1OC(=O)O. The molecule has 0 saturated heterocycles. The fraction of sp³-hybridized carbons (Fsp3) is 0.353. The normalized spacial score (nSPS) is 14.3. The number of benzene rings is 1. The number of hydrogen-bond donors (Lipinski definition) is 1. The molecule has 0 unspecified atom stereocenters. The molecule has 1 aliphatic carbocycles. The van der Waals surface area contributed by atoms with Crippen molar-refractivity contribution in [1.29, 1.82) is 0 Å². The maximum Gasteiger partial charge on any atom is 0.511 e. The highest BCUT2D eigenvalue weighted by Gasteiger charge is 2.33. The van der Waals surface area contributed by atoms with E-state index in [4.69, 9.17) is 14.6 Å². The van der Waals surface area contributed by atoms with Crippen molar-refractivity contribution in [3.63, 3.8) is 0 Å². The van der Waals surface area contributed by atoms with Crippen molar-refractivity contribution in [1.82, 2.24) is 9.97 Å². The molecule has 1 fully saturated rings. The molecule has 6 nitrogen and oxygen atoms in total. The Morgan fingerprint density at radius 1 is 1.23 bits per heavy atom. The summed E-state index contributed by atoms with van der Waals surface area (Å²) in [5.74, 6) is 0.277. The smallest absolute Gasteiger partial charge is 0.449 e. The average Bonchev–Trinajstić information content (AvgIpc) is 3.40. The number of carboxylic acid groups (broad SMARTS) is 1. The third-order valence-corrected chi connectivity index (χ3v) is 3.87. The average molecular weight is 368 g/mol. The summed E-state index contributed by atoms with van der Waals surface area (Å²) >= 11 is 0. The molecule has 26 heavy (non-hydrogen) atoms. The first-order chi connectivity index (χ1) is 12.3. The van der Waals surface area contributed by atoms with Gasteiger partial charge in [-0.1, -0.05) is 12.1 Å². The highest BCUT2D eigenvalue weighted by atomic mass is 19.4. The number of nitrogens with zero attached hydrogens (tertiary/aromatic N) is 2. The zero-order valence-corrected chi connectivity index (χ0v) is 13.7. The lowest BCUT2D eigenvalue weighted by atomic mass is 10.1. The molecule has 1 saturated carbocycles. The molecule has 2 aromatic rings. The molecule has 1 heterocycles. The zero-order valence-electron chi connectivity index (χ0n) is 13.7. The summed E-state index contributed by atoms with van der Waals surface area (Å²) in [6.45, 7) is -0.0154. The molecule has 0 spiro atoms. The number of carbonyl (C=O) groups is 1. The molecule has 0 aliphatic heterocycles. The summed E-state index contributed by atoms with van der Waals surface area (Å²) in [5.41, 5.74) is 0.289. The predicted molar refractivity (Wildman–Crippen MR) is 83.8 cm³/mol. The lowest BCUT2D eigenvalue weighted by Crippen LogP contribution is -2.12. The Hall–Kier alpha value is -2.68. The first kappa shape index (κ1) is 18.1. The number of halogens is 3. The summed E-state index contributed by atoms with van der Waals surface area (Å²) in [6.07, 6.45) is -4.27. The lowest BCUT2D eigenvalue weighted by molar-refractivity contribution is -0.137. The quantitative estimate of drug-likeness (QED) is 0.795. The summed E-state index contributed by atoms with van der Waals surface area (Å²) in [4.78, 5) is 19.6. The van der Waals surface area contributed by atoms with E-state index in [1.165, 1.54) is 19.2 Å². The molecule has 9 heteroatoms. The van der Waals surface area contributed by atoms with Gasteiger partial charge in [0.15, 0.2) is 11.6 Å². The van der Waals surface area contributed by atoms with Crippen LogP contribution in [0, 0.1) is 0 Å². The molecule has 1 aromatic heterocycles. The van der Waals surface area contributed by atoms with Crippen molar-refractivity contribution < 1.29 is 32.5 Å². The minimum Gasteiger partial charge on any atom is -0.449 e. The van der Waals surface area contributed by atoms with Gasteiger partial charge < -0.3 is 14.6 Å². The van der Waals surface area contributed by atoms with Gasteiger partial charge >= 0.3 is 12.3 Å². The van der Waals surface area contributed by atoms with Gasteiger partial charge in [-0.2, -0.15) is 13.2 Å². The number of rotatable bonds is 5. The molecule has 1 aliphatic rings. The molecule has 0 radical (unpaired) electrons. The van der Waals surface area contributed by atoms with Crippen molar-refractivity contribution in [2.24, 2.45) is 0 Å². The number of ether oxygens (including phenoxy) is 2. The summed E-state index contributed by atoms with van der Waals surface area (Å²) in [5, 5.41) is 8.95. The number of alkyl halides is 3. The second kappa shape index (κ2) is 6.91. The van der Waals surface area contributed by atoms with Gasteiger partial charge in [-0.05, 0) is 25.0 Å². The van der Waals surface area contributed by atoms with Crippen LogP contribution >= 0.6 is 0 Å². The Bertz CT molecular complexity index is 818. The van der Waals surface area contributed by atoms with E-state index in [2.05, 4.69) is 9.97 Å². The third kappa shape index (κ3) is 3.93. The first-order valence-electron chi connectivity index (χ1n) is 7.77. The van der Waals surface area contributed by atoms with E-state index in [-0.39, 0.29) is 29.8 Å². The highest BCUT2D eigenvalue weighted by molar-refractivity contribution is 5.64. The molecular formula is C17H15F3N2O4. The van der Waals surface area contributed by atoms with E-state index in [9.17, 15) is 18.0 Å². The van der Waals surface area contributed by atoms with Crippen molar-refractivity contribution in [2.45, 2.75) is 31.5 Å². The fourth-order valence-corrected chi connectivity index (χ4v) is 2.52. The van der Waals surface area contributed by atoms with Crippen LogP contribution in [0.15, 0.2) is 24.3 Å². The topological polar surface area (TPSA) is 81.5 Å². The van der Waals surface area contributed by atoms with Gasteiger partial charge in [0, 0.05) is 18.6 Å². The lowest BCUT2D eigenvalue weighted by Gasteiger charge is -2.14. The summed E-state index contributed by atoms with van der Waals surface area (Å²) in [7, 11) is 1.42. The number of hydrogen-bond acceptors (Lipinski definition) is 5. The first-order valence-corrected chi connectivity index (χ1v) is 7.77. The zero-order chi connectivity index (χ0) is 18.9. The Labute approximate surface area is 146 Å². The number of methoxy groups -OCH3 is 1. The molecular weight excluding hydrogens is 353 g/mol. The van der Waals surface area contributed by atoms with Crippen LogP contribution in [0.2, 0.25) is 0 Å². The van der Waals surface area contributed by atoms with E-state index in [0.717, 1.165) is 25.0 Å². The van der Waals surface area contributed by atoms with Gasteiger partial charge in [-0.3, -0.25) is 0 Å². The molecule has 0 atom stereocenters. The summed E-state index contributed by atoms with van der Waals surface area (Å²) in [6, 6.07) is 4.46. The minimum absolute atomic E-state index is 0.0154. The molecule has 0 bridgehead atoms. The van der Waals surface area contributed by atoms with Crippen LogP contribution in [-0.2, 0) is 17.5 Å². The van der Waals surface area contributed by atoms with Crippen LogP contribution in [-0.4, -0.2) is 28.3 Å². The van der Waals surface area contributed by atoms with E-state index in [0.29, 0.717) is 11.3 Å². The maximum absolute atomic E-state index is 12.7. The van der Waals surface area contributed by atoms with Gasteiger partial charge in [0.1, 0.15) is 5.69 Å². The van der Waals surface area contributed by atoms with Crippen LogP contribution in [0.3, 0.4) is 0 Å². The Morgan fingerprint density at radius 2 is 1.88 bits per heavy atom. The highest BCUT2D eigenvalue weighted by Crippen LogP contribution is 2.45. The summed E-state index contributed by atoms with van der Waals surface area (Å²) < 4.78 is 48.1.